The zero-order valence-corrected chi connectivity index (χ0v) is 27.1. The molecule has 5 heteroatoms. The highest BCUT2D eigenvalue weighted by molar-refractivity contribution is 5.21. The van der Waals surface area contributed by atoms with E-state index in [0.29, 0.717) is 53.4 Å². The van der Waals surface area contributed by atoms with E-state index in [1.165, 1.54) is 63.4 Å². The van der Waals surface area contributed by atoms with Crippen molar-refractivity contribution in [3.63, 3.8) is 0 Å². The number of fused-ring (bicyclic) bond motifs is 7. The molecule has 0 aromatic heterocycles. The maximum Gasteiger partial charge on any atom is 0.160 e. The van der Waals surface area contributed by atoms with Crippen LogP contribution < -0.4 is 0 Å². The van der Waals surface area contributed by atoms with Crippen molar-refractivity contribution in [2.45, 2.75) is 150 Å². The molecule has 14 atom stereocenters. The van der Waals surface area contributed by atoms with E-state index in [-0.39, 0.29) is 22.3 Å². The van der Waals surface area contributed by atoms with Gasteiger partial charge in [-0.2, -0.15) is 0 Å². The summed E-state index contributed by atoms with van der Waals surface area (Å²) in [7, 11) is 0. The largest absolute Gasteiger partial charge is 0.393 e. The van der Waals surface area contributed by atoms with E-state index in [4.69, 9.17) is 9.47 Å². The third-order valence-electron chi connectivity index (χ3n) is 15.5. The maximum atomic E-state index is 11.0. The number of rotatable bonds is 4. The van der Waals surface area contributed by atoms with Crippen molar-refractivity contribution in [2.75, 3.05) is 6.61 Å². The van der Waals surface area contributed by atoms with Gasteiger partial charge in [-0.15, -0.1) is 0 Å². The average Bonchev–Trinajstić information content (AvgIpc) is 3.29. The Balaban J connectivity index is 1.29. The summed E-state index contributed by atoms with van der Waals surface area (Å²) in [5, 5.41) is 31.6. The number of hydrogen-bond donors (Lipinski definition) is 3. The van der Waals surface area contributed by atoms with Gasteiger partial charge in [0, 0.05) is 6.42 Å². The highest BCUT2D eigenvalue weighted by Gasteiger charge is 2.70. The van der Waals surface area contributed by atoms with E-state index < -0.39 is 24.6 Å². The topological polar surface area (TPSA) is 79.2 Å². The molecule has 1 saturated heterocycles. The van der Waals surface area contributed by atoms with Gasteiger partial charge < -0.3 is 24.8 Å². The summed E-state index contributed by atoms with van der Waals surface area (Å²) in [5.74, 6) is 3.07. The summed E-state index contributed by atoms with van der Waals surface area (Å²) in [6.45, 7) is 22.0. The fourth-order valence-corrected chi connectivity index (χ4v) is 12.9. The first-order valence-corrected chi connectivity index (χ1v) is 17.1. The zero-order valence-electron chi connectivity index (χ0n) is 27.1. The van der Waals surface area contributed by atoms with Crippen LogP contribution in [0.15, 0.2) is 12.2 Å². The second-order valence-electron chi connectivity index (χ2n) is 17.3. The molecule has 1 heterocycles. The fraction of sp³-hybridized carbons (Fsp3) is 0.944. The van der Waals surface area contributed by atoms with Crippen molar-refractivity contribution in [1.82, 2.24) is 0 Å². The van der Waals surface area contributed by atoms with Crippen LogP contribution in [0.4, 0.5) is 0 Å². The van der Waals surface area contributed by atoms with Crippen molar-refractivity contribution in [3.05, 3.63) is 12.2 Å². The minimum Gasteiger partial charge on any atom is -0.393 e. The molecule has 6 rings (SSSR count). The van der Waals surface area contributed by atoms with E-state index in [0.717, 1.165) is 6.42 Å². The van der Waals surface area contributed by atoms with Gasteiger partial charge >= 0.3 is 0 Å². The molecule has 6 fully saturated rings. The third kappa shape index (κ3) is 4.25. The highest BCUT2D eigenvalue weighted by atomic mass is 16.7. The van der Waals surface area contributed by atoms with Crippen LogP contribution in [0.1, 0.15) is 119 Å². The molecule has 5 saturated carbocycles. The lowest BCUT2D eigenvalue weighted by molar-refractivity contribution is -0.271. The molecule has 0 amide bonds. The van der Waals surface area contributed by atoms with Gasteiger partial charge in [-0.1, -0.05) is 46.8 Å². The third-order valence-corrected chi connectivity index (χ3v) is 15.5. The monoisotopic (exact) mass is 572 g/mol. The van der Waals surface area contributed by atoms with Gasteiger partial charge in [0.25, 0.3) is 0 Å². The predicted octanol–water partition coefficient (Wildman–Crippen LogP) is 6.88. The molecule has 0 aromatic rings. The molecule has 6 aliphatic rings. The molecule has 41 heavy (non-hydrogen) atoms. The van der Waals surface area contributed by atoms with Crippen molar-refractivity contribution < 1.29 is 24.8 Å². The Morgan fingerprint density at radius 2 is 1.59 bits per heavy atom. The lowest BCUT2D eigenvalue weighted by Crippen LogP contribution is -2.66. The van der Waals surface area contributed by atoms with Crippen LogP contribution in [0, 0.1) is 56.7 Å². The molecule has 3 N–H and O–H groups in total. The Kier molecular flexibility index (Phi) is 7.47. The van der Waals surface area contributed by atoms with Gasteiger partial charge in [0.15, 0.2) is 6.29 Å². The molecule has 5 aliphatic carbocycles. The van der Waals surface area contributed by atoms with Crippen LogP contribution in [0.25, 0.3) is 0 Å². The summed E-state index contributed by atoms with van der Waals surface area (Å²) in [6.07, 6.45) is 9.69. The Morgan fingerprint density at radius 3 is 2.27 bits per heavy atom. The standard InChI is InChI=1S/C36H60O5/c1-21(2)23-11-16-36(20-40-29-19-25(37)31(39)22(3)41-29)18-17-34(7)24(30(23)36)9-10-27-33(6)14-13-28(38)32(4,5)26(33)12-15-35(27,34)8/h22-31,37-39H,1,9-20H2,2-8H3/t22-,23-,24+,25-,26-,27?,28+,29+,30+,31-,33-,34+,35+,36+/m0/s1. The number of ether oxygens (including phenoxy) is 2. The maximum absolute atomic E-state index is 11.0. The summed E-state index contributed by atoms with van der Waals surface area (Å²) < 4.78 is 12.6. The predicted molar refractivity (Wildman–Crippen MR) is 162 cm³/mol. The van der Waals surface area contributed by atoms with Gasteiger partial charge in [-0.25, -0.2) is 0 Å². The summed E-state index contributed by atoms with van der Waals surface area (Å²) in [5.41, 5.74) is 2.34. The number of hydrogen-bond acceptors (Lipinski definition) is 5. The zero-order chi connectivity index (χ0) is 29.8. The lowest BCUT2D eigenvalue weighted by Gasteiger charge is -2.73. The molecule has 1 unspecified atom stereocenters. The minimum absolute atomic E-state index is 0.00997. The first kappa shape index (κ1) is 30.6. The molecular formula is C36H60O5. The second kappa shape index (κ2) is 10.0. The molecule has 5 nitrogen and oxygen atoms in total. The van der Waals surface area contributed by atoms with E-state index in [1.54, 1.807) is 0 Å². The summed E-state index contributed by atoms with van der Waals surface area (Å²) >= 11 is 0. The second-order valence-corrected chi connectivity index (χ2v) is 17.3. The van der Waals surface area contributed by atoms with Crippen LogP contribution in [0.3, 0.4) is 0 Å². The van der Waals surface area contributed by atoms with Crippen LogP contribution >= 0.6 is 0 Å². The number of allylic oxidation sites excluding steroid dienone is 1. The molecule has 0 radical (unpaired) electrons. The van der Waals surface area contributed by atoms with Gasteiger partial charge in [-0.3, -0.25) is 0 Å². The van der Waals surface area contributed by atoms with E-state index in [2.05, 4.69) is 48.1 Å². The molecule has 0 aromatic carbocycles. The van der Waals surface area contributed by atoms with Crippen molar-refractivity contribution >= 4 is 0 Å². The van der Waals surface area contributed by atoms with E-state index >= 15 is 0 Å². The fourth-order valence-electron chi connectivity index (χ4n) is 12.9. The van der Waals surface area contributed by atoms with Crippen LogP contribution in [-0.4, -0.2) is 52.6 Å². The van der Waals surface area contributed by atoms with Crippen molar-refractivity contribution in [2.24, 2.45) is 56.7 Å². The minimum atomic E-state index is -0.846. The Bertz CT molecular complexity index is 1010. The van der Waals surface area contributed by atoms with Gasteiger partial charge in [-0.05, 0) is 135 Å². The first-order chi connectivity index (χ1) is 19.1. The van der Waals surface area contributed by atoms with Crippen LogP contribution in [0.2, 0.25) is 0 Å². The average molecular weight is 573 g/mol. The van der Waals surface area contributed by atoms with E-state index in [1.807, 2.05) is 6.92 Å². The van der Waals surface area contributed by atoms with Gasteiger partial charge in [0.05, 0.1) is 24.9 Å². The van der Waals surface area contributed by atoms with Gasteiger partial charge in [0.2, 0.25) is 0 Å². The van der Waals surface area contributed by atoms with Crippen molar-refractivity contribution in [3.8, 4) is 0 Å². The quantitative estimate of drug-likeness (QED) is 0.320. The first-order valence-electron chi connectivity index (χ1n) is 17.1. The highest BCUT2D eigenvalue weighted by Crippen LogP contribution is 2.77. The smallest absolute Gasteiger partial charge is 0.160 e. The normalized spacial score (nSPS) is 56.2. The van der Waals surface area contributed by atoms with Crippen LogP contribution in [0.5, 0.6) is 0 Å². The molecule has 0 spiro atoms. The van der Waals surface area contributed by atoms with E-state index in [9.17, 15) is 15.3 Å². The van der Waals surface area contributed by atoms with Crippen LogP contribution in [-0.2, 0) is 9.47 Å². The number of aliphatic hydroxyl groups excluding tert-OH is 3. The number of aliphatic hydroxyl groups is 3. The molecule has 0 bridgehead atoms. The lowest BCUT2D eigenvalue weighted by atomic mass is 9.32. The SMILES string of the molecule is C=C(C)[C@@H]1CC[C@]2(CO[C@H]3C[C@H](O)[C@@H](O)[C@H](C)O3)CC[C@]3(C)[C@H](CCC4[C@@]5(C)CC[C@@H](O)C(C)(C)[C@@H]5CC[C@]43C)[C@@H]12. The molecule has 1 aliphatic heterocycles. The Labute approximate surface area is 249 Å². The summed E-state index contributed by atoms with van der Waals surface area (Å²) in [4.78, 5) is 0. The molecule has 234 valence electrons. The Hall–Kier alpha value is -0.460. The van der Waals surface area contributed by atoms with Gasteiger partial charge in [0.1, 0.15) is 6.10 Å². The van der Waals surface area contributed by atoms with Crippen molar-refractivity contribution in [1.29, 1.82) is 0 Å². The Morgan fingerprint density at radius 1 is 0.854 bits per heavy atom. The molecular weight excluding hydrogens is 512 g/mol. The summed E-state index contributed by atoms with van der Waals surface area (Å²) in [6, 6.07) is 0.